The summed E-state index contributed by atoms with van der Waals surface area (Å²) in [5, 5.41) is 10.8. The van der Waals surface area contributed by atoms with Crippen molar-refractivity contribution < 1.29 is 14.6 Å². The van der Waals surface area contributed by atoms with Gasteiger partial charge < -0.3 is 15.6 Å². The lowest BCUT2D eigenvalue weighted by atomic mass is 9.93. The van der Waals surface area contributed by atoms with Crippen molar-refractivity contribution in [3.63, 3.8) is 0 Å². The average Bonchev–Trinajstić information content (AvgIpc) is 2.51. The van der Waals surface area contributed by atoms with Gasteiger partial charge in [0.05, 0.1) is 25.2 Å². The van der Waals surface area contributed by atoms with Crippen LogP contribution in [0.25, 0.3) is 0 Å². The molecule has 1 heterocycles. The van der Waals surface area contributed by atoms with Crippen LogP contribution < -0.4 is 5.73 Å². The number of halogens is 1. The van der Waals surface area contributed by atoms with Crippen LogP contribution >= 0.6 is 11.6 Å². The summed E-state index contributed by atoms with van der Waals surface area (Å²) in [7, 11) is 0. The van der Waals surface area contributed by atoms with Crippen molar-refractivity contribution in [3.05, 3.63) is 34.9 Å². The highest BCUT2D eigenvalue weighted by atomic mass is 35.5. The standard InChI is InChI=1S/C17H25ClN2O3/c1-12-6-7-13(17(19)22)8-20(12)9-15(21)11-23-10-14-4-2-3-5-16(14)18/h2-5,12-13,15,21H,6-11H2,1H3,(H2,19,22). The number of likely N-dealkylation sites (tertiary alicyclic amines) is 1. The van der Waals surface area contributed by atoms with Crippen LogP contribution in [-0.2, 0) is 16.1 Å². The number of aliphatic hydroxyl groups is 1. The molecular weight excluding hydrogens is 316 g/mol. The third kappa shape index (κ3) is 5.46. The lowest BCUT2D eigenvalue weighted by Crippen LogP contribution is -2.49. The number of rotatable bonds is 7. The highest BCUT2D eigenvalue weighted by molar-refractivity contribution is 6.31. The number of amides is 1. The summed E-state index contributed by atoms with van der Waals surface area (Å²) in [5.41, 5.74) is 6.30. The van der Waals surface area contributed by atoms with E-state index in [0.29, 0.717) is 30.8 Å². The van der Waals surface area contributed by atoms with E-state index < -0.39 is 6.10 Å². The number of primary amides is 1. The third-order valence-corrected chi connectivity index (χ3v) is 4.75. The number of hydrogen-bond donors (Lipinski definition) is 2. The zero-order valence-corrected chi connectivity index (χ0v) is 14.2. The molecular formula is C17H25ClN2O3. The minimum absolute atomic E-state index is 0.123. The van der Waals surface area contributed by atoms with Crippen LogP contribution in [0.4, 0.5) is 0 Å². The number of benzene rings is 1. The van der Waals surface area contributed by atoms with E-state index >= 15 is 0 Å². The van der Waals surface area contributed by atoms with Crippen molar-refractivity contribution >= 4 is 17.5 Å². The first-order valence-corrected chi connectivity index (χ1v) is 8.37. The number of carbonyl (C=O) groups is 1. The van der Waals surface area contributed by atoms with E-state index in [-0.39, 0.29) is 18.4 Å². The first-order valence-electron chi connectivity index (χ1n) is 8.00. The lowest BCUT2D eigenvalue weighted by Gasteiger charge is -2.37. The SMILES string of the molecule is CC1CCC(C(N)=O)CN1CC(O)COCc1ccccc1Cl. The van der Waals surface area contributed by atoms with Gasteiger partial charge in [-0.15, -0.1) is 0 Å². The molecule has 1 fully saturated rings. The van der Waals surface area contributed by atoms with E-state index in [0.717, 1.165) is 18.4 Å². The maximum Gasteiger partial charge on any atom is 0.221 e. The minimum Gasteiger partial charge on any atom is -0.389 e. The van der Waals surface area contributed by atoms with Gasteiger partial charge in [0, 0.05) is 24.2 Å². The number of ether oxygens (including phenoxy) is 1. The average molecular weight is 341 g/mol. The summed E-state index contributed by atoms with van der Waals surface area (Å²) in [6.07, 6.45) is 1.14. The number of β-amino-alcohol motifs (C(OH)–C–C–N with tert-alkyl or cyclic N) is 1. The first kappa shape index (κ1) is 18.2. The quantitative estimate of drug-likeness (QED) is 0.793. The van der Waals surface area contributed by atoms with Crippen LogP contribution in [0.3, 0.4) is 0 Å². The lowest BCUT2D eigenvalue weighted by molar-refractivity contribution is -0.124. The van der Waals surface area contributed by atoms with Crippen LogP contribution in [0.2, 0.25) is 5.02 Å². The highest BCUT2D eigenvalue weighted by Gasteiger charge is 2.29. The van der Waals surface area contributed by atoms with Gasteiger partial charge in [0.1, 0.15) is 0 Å². The van der Waals surface area contributed by atoms with Gasteiger partial charge in [-0.3, -0.25) is 9.69 Å². The van der Waals surface area contributed by atoms with Crippen molar-refractivity contribution in [3.8, 4) is 0 Å². The Balaban J connectivity index is 1.76. The zero-order valence-electron chi connectivity index (χ0n) is 13.5. The van der Waals surface area contributed by atoms with E-state index in [9.17, 15) is 9.90 Å². The maximum atomic E-state index is 11.3. The second kappa shape index (κ2) is 8.64. The number of aliphatic hydroxyl groups excluding tert-OH is 1. The van der Waals surface area contributed by atoms with E-state index in [1.807, 2.05) is 24.3 Å². The molecule has 6 heteroatoms. The fourth-order valence-electron chi connectivity index (χ4n) is 2.91. The molecule has 3 unspecified atom stereocenters. The van der Waals surface area contributed by atoms with Crippen LogP contribution in [0.5, 0.6) is 0 Å². The van der Waals surface area contributed by atoms with Crippen LogP contribution in [-0.4, -0.2) is 47.8 Å². The molecule has 5 nitrogen and oxygen atoms in total. The largest absolute Gasteiger partial charge is 0.389 e. The molecule has 3 N–H and O–H groups in total. The van der Waals surface area contributed by atoms with E-state index in [2.05, 4.69) is 11.8 Å². The second-order valence-electron chi connectivity index (χ2n) is 6.24. The number of nitrogens with two attached hydrogens (primary N) is 1. The van der Waals surface area contributed by atoms with Gasteiger partial charge in [-0.1, -0.05) is 29.8 Å². The molecule has 1 amide bonds. The summed E-state index contributed by atoms with van der Waals surface area (Å²) < 4.78 is 5.56. The molecule has 0 saturated carbocycles. The van der Waals surface area contributed by atoms with Crippen molar-refractivity contribution in [1.82, 2.24) is 4.90 Å². The summed E-state index contributed by atoms with van der Waals surface area (Å²) in [6, 6.07) is 7.83. The normalized spacial score (nSPS) is 23.6. The maximum absolute atomic E-state index is 11.3. The van der Waals surface area contributed by atoms with Gasteiger partial charge in [-0.25, -0.2) is 0 Å². The minimum atomic E-state index is -0.605. The number of hydrogen-bond acceptors (Lipinski definition) is 4. The molecule has 0 aromatic heterocycles. The topological polar surface area (TPSA) is 75.8 Å². The predicted molar refractivity (Wildman–Crippen MR) is 90.1 cm³/mol. The molecule has 1 aliphatic heterocycles. The van der Waals surface area contributed by atoms with Crippen molar-refractivity contribution in [2.75, 3.05) is 19.7 Å². The molecule has 3 atom stereocenters. The Morgan fingerprint density at radius 2 is 2.22 bits per heavy atom. The van der Waals surface area contributed by atoms with Crippen LogP contribution in [0.1, 0.15) is 25.3 Å². The van der Waals surface area contributed by atoms with Gasteiger partial charge >= 0.3 is 0 Å². The monoisotopic (exact) mass is 340 g/mol. The molecule has 1 aromatic rings. The van der Waals surface area contributed by atoms with E-state index in [1.54, 1.807) is 0 Å². The van der Waals surface area contributed by atoms with Crippen molar-refractivity contribution in [2.24, 2.45) is 11.7 Å². The molecule has 0 aliphatic carbocycles. The van der Waals surface area contributed by atoms with Gasteiger partial charge in [0.15, 0.2) is 0 Å². The summed E-state index contributed by atoms with van der Waals surface area (Å²) in [5.74, 6) is -0.381. The smallest absolute Gasteiger partial charge is 0.221 e. The fourth-order valence-corrected chi connectivity index (χ4v) is 3.10. The molecule has 23 heavy (non-hydrogen) atoms. The van der Waals surface area contributed by atoms with Crippen LogP contribution in [0.15, 0.2) is 24.3 Å². The Morgan fingerprint density at radius 1 is 1.48 bits per heavy atom. The number of piperidine rings is 1. The molecule has 1 aromatic carbocycles. The molecule has 0 spiro atoms. The number of carbonyl (C=O) groups excluding carboxylic acids is 1. The van der Waals surface area contributed by atoms with E-state index in [1.165, 1.54) is 0 Å². The third-order valence-electron chi connectivity index (χ3n) is 4.38. The summed E-state index contributed by atoms with van der Waals surface area (Å²) >= 11 is 6.07. The van der Waals surface area contributed by atoms with Gasteiger partial charge in [0.2, 0.25) is 5.91 Å². The Kier molecular flexibility index (Phi) is 6.84. The molecule has 1 aliphatic rings. The fraction of sp³-hybridized carbons (Fsp3) is 0.588. The Bertz CT molecular complexity index is 526. The van der Waals surface area contributed by atoms with Crippen molar-refractivity contribution in [1.29, 1.82) is 0 Å². The highest BCUT2D eigenvalue weighted by Crippen LogP contribution is 2.22. The Labute approximate surface area is 142 Å². The zero-order chi connectivity index (χ0) is 16.8. The second-order valence-corrected chi connectivity index (χ2v) is 6.65. The summed E-state index contributed by atoms with van der Waals surface area (Å²) in [6.45, 7) is 3.80. The van der Waals surface area contributed by atoms with Crippen LogP contribution in [0, 0.1) is 5.92 Å². The Hall–Kier alpha value is -1.14. The van der Waals surface area contributed by atoms with Gasteiger partial charge in [-0.05, 0) is 31.4 Å². The predicted octanol–water partition coefficient (Wildman–Crippen LogP) is 1.80. The molecule has 0 bridgehead atoms. The molecule has 128 valence electrons. The van der Waals surface area contributed by atoms with Gasteiger partial charge in [0.25, 0.3) is 0 Å². The Morgan fingerprint density at radius 3 is 2.91 bits per heavy atom. The van der Waals surface area contributed by atoms with E-state index in [4.69, 9.17) is 22.1 Å². The molecule has 2 rings (SSSR count). The summed E-state index contributed by atoms with van der Waals surface area (Å²) in [4.78, 5) is 13.5. The van der Waals surface area contributed by atoms with Gasteiger partial charge in [-0.2, -0.15) is 0 Å². The van der Waals surface area contributed by atoms with Crippen molar-refractivity contribution in [2.45, 2.75) is 38.5 Å². The molecule has 1 saturated heterocycles. The number of nitrogens with zero attached hydrogens (tertiary/aromatic N) is 1. The molecule has 0 radical (unpaired) electrons. The first-order chi connectivity index (χ1) is 11.0.